The van der Waals surface area contributed by atoms with Crippen LogP contribution < -0.4 is 5.32 Å². The molecular weight excluding hydrogens is 266 g/mol. The summed E-state index contributed by atoms with van der Waals surface area (Å²) in [6, 6.07) is 7.10. The number of benzene rings is 1. The van der Waals surface area contributed by atoms with Crippen LogP contribution in [0.25, 0.3) is 0 Å². The van der Waals surface area contributed by atoms with Crippen LogP contribution in [-0.4, -0.2) is 34.9 Å². The predicted octanol–water partition coefficient (Wildman–Crippen LogP) is 1.13. The Morgan fingerprint density at radius 1 is 1.32 bits per heavy atom. The second kappa shape index (κ2) is 6.37. The summed E-state index contributed by atoms with van der Waals surface area (Å²) in [5, 5.41) is 22.3. The molecule has 1 aromatic carbocycles. The third-order valence-electron chi connectivity index (χ3n) is 3.53. The van der Waals surface area contributed by atoms with Gasteiger partial charge in [-0.15, -0.1) is 0 Å². The summed E-state index contributed by atoms with van der Waals surface area (Å²) in [5.74, 6) is -0.195. The largest absolute Gasteiger partial charge is 0.396 e. The number of hydrogen-bond donors (Lipinski definition) is 3. The number of carbonyl (C=O) groups is 1. The van der Waals surface area contributed by atoms with Crippen molar-refractivity contribution in [2.75, 3.05) is 6.61 Å². The SMILES string of the molecule is O=C(Cc1ccc(Cl)cc1)N[C@H]1C[C@@H](CO)[C@@H](O)C1. The highest BCUT2D eigenvalue weighted by Gasteiger charge is 2.33. The van der Waals surface area contributed by atoms with Gasteiger partial charge in [0.2, 0.25) is 5.91 Å². The first-order valence-electron chi connectivity index (χ1n) is 6.41. The second-order valence-corrected chi connectivity index (χ2v) is 5.49. The highest BCUT2D eigenvalue weighted by Crippen LogP contribution is 2.25. The second-order valence-electron chi connectivity index (χ2n) is 5.05. The van der Waals surface area contributed by atoms with Crippen molar-refractivity contribution >= 4 is 17.5 Å². The zero-order valence-electron chi connectivity index (χ0n) is 10.6. The fraction of sp³-hybridized carbons (Fsp3) is 0.500. The van der Waals surface area contributed by atoms with Crippen molar-refractivity contribution in [3.05, 3.63) is 34.9 Å². The molecule has 1 aliphatic rings. The molecule has 1 saturated carbocycles. The van der Waals surface area contributed by atoms with Crippen LogP contribution in [0.1, 0.15) is 18.4 Å². The number of nitrogens with one attached hydrogen (secondary N) is 1. The third kappa shape index (κ3) is 3.93. The van der Waals surface area contributed by atoms with E-state index in [1.54, 1.807) is 12.1 Å². The van der Waals surface area contributed by atoms with Crippen molar-refractivity contribution in [2.45, 2.75) is 31.4 Å². The molecule has 1 aromatic rings. The molecule has 0 radical (unpaired) electrons. The fourth-order valence-corrected chi connectivity index (χ4v) is 2.61. The maximum absolute atomic E-state index is 11.9. The van der Waals surface area contributed by atoms with Crippen molar-refractivity contribution in [3.63, 3.8) is 0 Å². The van der Waals surface area contributed by atoms with E-state index in [4.69, 9.17) is 16.7 Å². The van der Waals surface area contributed by atoms with Crippen LogP contribution in [0.5, 0.6) is 0 Å². The Bertz CT molecular complexity index is 435. The van der Waals surface area contributed by atoms with Crippen LogP contribution in [0.3, 0.4) is 0 Å². The molecule has 0 spiro atoms. The lowest BCUT2D eigenvalue weighted by Gasteiger charge is -2.12. The molecule has 0 aliphatic heterocycles. The molecule has 0 saturated heterocycles. The van der Waals surface area contributed by atoms with Crippen LogP contribution in [0, 0.1) is 5.92 Å². The summed E-state index contributed by atoms with van der Waals surface area (Å²) in [4.78, 5) is 11.9. The molecule has 1 aliphatic carbocycles. The molecule has 2 rings (SSSR count). The first-order valence-corrected chi connectivity index (χ1v) is 6.79. The molecule has 104 valence electrons. The standard InChI is InChI=1S/C14H18ClNO3/c15-11-3-1-9(2-4-11)5-14(19)16-12-6-10(8-17)13(18)7-12/h1-4,10,12-13,17-18H,5-8H2,(H,16,19)/t10-,12-,13-/m0/s1. The van der Waals surface area contributed by atoms with Crippen LogP contribution in [0.2, 0.25) is 5.02 Å². The van der Waals surface area contributed by atoms with E-state index < -0.39 is 6.10 Å². The van der Waals surface area contributed by atoms with Gasteiger partial charge in [0.15, 0.2) is 0 Å². The highest BCUT2D eigenvalue weighted by molar-refractivity contribution is 6.30. The number of carbonyl (C=O) groups excluding carboxylic acids is 1. The lowest BCUT2D eigenvalue weighted by Crippen LogP contribution is -2.34. The summed E-state index contributed by atoms with van der Waals surface area (Å²) >= 11 is 5.78. The number of amides is 1. The van der Waals surface area contributed by atoms with Gasteiger partial charge in [0, 0.05) is 23.6 Å². The van der Waals surface area contributed by atoms with Gasteiger partial charge in [-0.1, -0.05) is 23.7 Å². The molecule has 5 heteroatoms. The van der Waals surface area contributed by atoms with E-state index in [0.717, 1.165) is 5.56 Å². The van der Waals surface area contributed by atoms with Gasteiger partial charge in [0.05, 0.1) is 12.5 Å². The maximum atomic E-state index is 11.9. The Morgan fingerprint density at radius 3 is 2.58 bits per heavy atom. The lowest BCUT2D eigenvalue weighted by atomic mass is 10.1. The van der Waals surface area contributed by atoms with Crippen molar-refractivity contribution in [3.8, 4) is 0 Å². The molecule has 1 amide bonds. The molecule has 19 heavy (non-hydrogen) atoms. The van der Waals surface area contributed by atoms with Crippen LogP contribution in [-0.2, 0) is 11.2 Å². The van der Waals surface area contributed by atoms with E-state index in [9.17, 15) is 9.90 Å². The minimum atomic E-state index is -0.522. The fourth-order valence-electron chi connectivity index (χ4n) is 2.48. The molecule has 1 fully saturated rings. The Kier molecular flexibility index (Phi) is 4.80. The molecule has 4 nitrogen and oxygen atoms in total. The Morgan fingerprint density at radius 2 is 2.00 bits per heavy atom. The molecule has 3 N–H and O–H groups in total. The first-order chi connectivity index (χ1) is 9.08. The van der Waals surface area contributed by atoms with E-state index in [-0.39, 0.29) is 24.5 Å². The lowest BCUT2D eigenvalue weighted by molar-refractivity contribution is -0.121. The monoisotopic (exact) mass is 283 g/mol. The van der Waals surface area contributed by atoms with Gasteiger partial charge in [0.1, 0.15) is 0 Å². The number of aliphatic hydroxyl groups is 2. The Hall–Kier alpha value is -1.10. The van der Waals surface area contributed by atoms with Gasteiger partial charge in [-0.3, -0.25) is 4.79 Å². The predicted molar refractivity (Wildman–Crippen MR) is 72.9 cm³/mol. The van der Waals surface area contributed by atoms with Crippen molar-refractivity contribution < 1.29 is 15.0 Å². The van der Waals surface area contributed by atoms with E-state index in [2.05, 4.69) is 5.32 Å². The molecule has 0 heterocycles. The summed E-state index contributed by atoms with van der Waals surface area (Å²) in [6.07, 6.45) is 0.917. The number of aliphatic hydroxyl groups excluding tert-OH is 2. The average molecular weight is 284 g/mol. The number of hydrogen-bond acceptors (Lipinski definition) is 3. The minimum Gasteiger partial charge on any atom is -0.396 e. The quantitative estimate of drug-likeness (QED) is 0.776. The van der Waals surface area contributed by atoms with E-state index >= 15 is 0 Å². The van der Waals surface area contributed by atoms with E-state index in [0.29, 0.717) is 24.3 Å². The minimum absolute atomic E-state index is 0.0370. The van der Waals surface area contributed by atoms with Gasteiger partial charge in [0.25, 0.3) is 0 Å². The summed E-state index contributed by atoms with van der Waals surface area (Å²) in [6.45, 7) is -0.0370. The van der Waals surface area contributed by atoms with Crippen LogP contribution in [0.4, 0.5) is 0 Å². The van der Waals surface area contributed by atoms with Gasteiger partial charge in [-0.25, -0.2) is 0 Å². The molecule has 0 unspecified atom stereocenters. The Balaban J connectivity index is 1.83. The summed E-state index contributed by atoms with van der Waals surface area (Å²) < 4.78 is 0. The molecule has 0 aromatic heterocycles. The smallest absolute Gasteiger partial charge is 0.224 e. The van der Waals surface area contributed by atoms with Gasteiger partial charge >= 0.3 is 0 Å². The zero-order valence-corrected chi connectivity index (χ0v) is 11.3. The molecule has 0 bridgehead atoms. The highest BCUT2D eigenvalue weighted by atomic mass is 35.5. The van der Waals surface area contributed by atoms with Crippen molar-refractivity contribution in [2.24, 2.45) is 5.92 Å². The number of halogens is 1. The number of rotatable bonds is 4. The average Bonchev–Trinajstić information content (AvgIpc) is 2.72. The normalized spacial score (nSPS) is 26.4. The van der Waals surface area contributed by atoms with Crippen LogP contribution in [0.15, 0.2) is 24.3 Å². The van der Waals surface area contributed by atoms with Crippen LogP contribution >= 0.6 is 11.6 Å². The van der Waals surface area contributed by atoms with E-state index in [1.807, 2.05) is 12.1 Å². The summed E-state index contributed by atoms with van der Waals surface area (Å²) in [5.41, 5.74) is 0.902. The first kappa shape index (κ1) is 14.3. The Labute approximate surface area is 117 Å². The van der Waals surface area contributed by atoms with E-state index in [1.165, 1.54) is 0 Å². The summed E-state index contributed by atoms with van der Waals surface area (Å²) in [7, 11) is 0. The molecular formula is C14H18ClNO3. The third-order valence-corrected chi connectivity index (χ3v) is 3.79. The zero-order chi connectivity index (χ0) is 13.8. The molecule has 3 atom stereocenters. The van der Waals surface area contributed by atoms with Crippen molar-refractivity contribution in [1.29, 1.82) is 0 Å². The van der Waals surface area contributed by atoms with Gasteiger partial charge in [-0.2, -0.15) is 0 Å². The van der Waals surface area contributed by atoms with Gasteiger partial charge in [-0.05, 0) is 30.5 Å². The maximum Gasteiger partial charge on any atom is 0.224 e. The van der Waals surface area contributed by atoms with Gasteiger partial charge < -0.3 is 15.5 Å². The van der Waals surface area contributed by atoms with Crippen molar-refractivity contribution in [1.82, 2.24) is 5.32 Å². The topological polar surface area (TPSA) is 69.6 Å².